The van der Waals surface area contributed by atoms with E-state index in [-0.39, 0.29) is 11.9 Å². The van der Waals surface area contributed by atoms with Gasteiger partial charge in [-0.3, -0.25) is 4.79 Å². The molecule has 0 atom stereocenters. The van der Waals surface area contributed by atoms with Gasteiger partial charge in [0.05, 0.1) is 18.9 Å². The Morgan fingerprint density at radius 3 is 2.33 bits per heavy atom. The number of hydrogen-bond donors (Lipinski definition) is 2. The van der Waals surface area contributed by atoms with Crippen LogP contribution in [0.25, 0.3) is 0 Å². The number of carbonyl (C=O) groups is 2. The molecule has 2 rings (SSSR count). The zero-order valence-electron chi connectivity index (χ0n) is 14.3. The number of methoxy groups -OCH3 is 1. The predicted molar refractivity (Wildman–Crippen MR) is 88.5 cm³/mol. The zero-order valence-corrected chi connectivity index (χ0v) is 15.1. The topological polar surface area (TPSA) is 109 Å². The van der Waals surface area contributed by atoms with Crippen LogP contribution in [0.1, 0.15) is 44.9 Å². The third-order valence-corrected chi connectivity index (χ3v) is 5.62. The second-order valence-corrected chi connectivity index (χ2v) is 8.01. The van der Waals surface area contributed by atoms with Crippen molar-refractivity contribution in [3.63, 3.8) is 0 Å². The van der Waals surface area contributed by atoms with Gasteiger partial charge in [0.2, 0.25) is 10.0 Å². The van der Waals surface area contributed by atoms with Crippen LogP contribution in [0, 0.1) is 13.8 Å². The summed E-state index contributed by atoms with van der Waals surface area (Å²) in [7, 11) is -1.89. The van der Waals surface area contributed by atoms with E-state index < -0.39 is 16.0 Å². The number of aromatic amines is 1. The first kappa shape index (κ1) is 18.5. The number of ether oxygens (including phenoxy) is 1. The lowest BCUT2D eigenvalue weighted by Gasteiger charge is -2.30. The van der Waals surface area contributed by atoms with Gasteiger partial charge in [0.1, 0.15) is 5.69 Å². The summed E-state index contributed by atoms with van der Waals surface area (Å²) >= 11 is 0. The van der Waals surface area contributed by atoms with Gasteiger partial charge in [-0.15, -0.1) is 0 Å². The Labute approximate surface area is 141 Å². The minimum absolute atomic E-state index is 0.0971. The van der Waals surface area contributed by atoms with Crippen molar-refractivity contribution in [1.82, 2.24) is 14.6 Å². The Morgan fingerprint density at radius 2 is 1.83 bits per heavy atom. The SMILES string of the molecule is COC(=O)c1c(C)[nH]c(C(=O)NC2CCN(S(C)(=O)=O)CC2)c1C. The van der Waals surface area contributed by atoms with Crippen LogP contribution >= 0.6 is 0 Å². The molecule has 0 saturated carbocycles. The predicted octanol–water partition coefficient (Wildman–Crippen LogP) is 0.572. The molecule has 0 unspecified atom stereocenters. The van der Waals surface area contributed by atoms with Crippen LogP contribution in [0.15, 0.2) is 0 Å². The molecule has 1 aliphatic heterocycles. The molecule has 134 valence electrons. The van der Waals surface area contributed by atoms with Gasteiger partial charge in [-0.25, -0.2) is 17.5 Å². The lowest BCUT2D eigenvalue weighted by molar-refractivity contribution is 0.0599. The largest absolute Gasteiger partial charge is 0.465 e. The molecule has 1 aliphatic rings. The van der Waals surface area contributed by atoms with E-state index in [0.29, 0.717) is 48.4 Å². The highest BCUT2D eigenvalue weighted by molar-refractivity contribution is 7.88. The van der Waals surface area contributed by atoms with E-state index in [1.807, 2.05) is 0 Å². The lowest BCUT2D eigenvalue weighted by Crippen LogP contribution is -2.46. The van der Waals surface area contributed by atoms with Crippen molar-refractivity contribution in [3.8, 4) is 0 Å². The molecule has 0 aliphatic carbocycles. The van der Waals surface area contributed by atoms with Crippen LogP contribution in [-0.4, -0.2) is 62.1 Å². The van der Waals surface area contributed by atoms with Crippen molar-refractivity contribution in [2.75, 3.05) is 26.5 Å². The number of nitrogens with zero attached hydrogens (tertiary/aromatic N) is 1. The number of esters is 1. The highest BCUT2D eigenvalue weighted by atomic mass is 32.2. The summed E-state index contributed by atoms with van der Waals surface area (Å²) in [5, 5.41) is 2.90. The molecule has 1 amide bonds. The smallest absolute Gasteiger partial charge is 0.339 e. The standard InChI is InChI=1S/C15H23N3O5S/c1-9-12(15(20)23-3)10(2)16-13(9)14(19)17-11-5-7-18(8-6-11)24(4,21)22/h11,16H,5-8H2,1-4H3,(H,17,19). The monoisotopic (exact) mass is 357 g/mol. The molecule has 0 aromatic carbocycles. The number of aromatic nitrogens is 1. The maximum absolute atomic E-state index is 12.5. The molecule has 9 heteroatoms. The summed E-state index contributed by atoms with van der Waals surface area (Å²) in [6.07, 6.45) is 2.30. The summed E-state index contributed by atoms with van der Waals surface area (Å²) in [5.74, 6) is -0.787. The van der Waals surface area contributed by atoms with E-state index in [4.69, 9.17) is 4.74 Å². The Balaban J connectivity index is 2.05. The van der Waals surface area contributed by atoms with Gasteiger partial charge in [-0.1, -0.05) is 0 Å². The molecule has 1 aromatic heterocycles. The van der Waals surface area contributed by atoms with Crippen LogP contribution in [0.4, 0.5) is 0 Å². The Morgan fingerprint density at radius 1 is 1.25 bits per heavy atom. The van der Waals surface area contributed by atoms with Crippen LogP contribution in [0.3, 0.4) is 0 Å². The van der Waals surface area contributed by atoms with E-state index in [1.165, 1.54) is 17.7 Å². The van der Waals surface area contributed by atoms with Crippen molar-refractivity contribution in [1.29, 1.82) is 0 Å². The number of rotatable bonds is 4. The number of H-pyrrole nitrogens is 1. The van der Waals surface area contributed by atoms with Gasteiger partial charge in [-0.2, -0.15) is 0 Å². The first-order valence-corrected chi connectivity index (χ1v) is 9.53. The van der Waals surface area contributed by atoms with E-state index in [1.54, 1.807) is 13.8 Å². The maximum Gasteiger partial charge on any atom is 0.339 e. The summed E-state index contributed by atoms with van der Waals surface area (Å²) in [5.41, 5.74) is 1.83. The molecule has 1 aromatic rings. The molecular weight excluding hydrogens is 334 g/mol. The Kier molecular flexibility index (Phi) is 5.34. The van der Waals surface area contributed by atoms with Gasteiger partial charge < -0.3 is 15.0 Å². The van der Waals surface area contributed by atoms with Crippen LogP contribution < -0.4 is 5.32 Å². The van der Waals surface area contributed by atoms with Crippen LogP contribution in [-0.2, 0) is 14.8 Å². The second-order valence-electron chi connectivity index (χ2n) is 6.03. The summed E-state index contributed by atoms with van der Waals surface area (Å²) < 4.78 is 29.2. The minimum Gasteiger partial charge on any atom is -0.465 e. The number of sulfonamides is 1. The molecular formula is C15H23N3O5S. The quantitative estimate of drug-likeness (QED) is 0.766. The van der Waals surface area contributed by atoms with Crippen LogP contribution in [0.2, 0.25) is 0 Å². The number of nitrogens with one attached hydrogen (secondary N) is 2. The van der Waals surface area contributed by atoms with E-state index in [9.17, 15) is 18.0 Å². The Hall–Kier alpha value is -1.87. The van der Waals surface area contributed by atoms with Crippen molar-refractivity contribution < 1.29 is 22.7 Å². The van der Waals surface area contributed by atoms with Crippen molar-refractivity contribution in [2.45, 2.75) is 32.7 Å². The number of piperidine rings is 1. The fourth-order valence-electron chi connectivity index (χ4n) is 2.97. The molecule has 0 spiro atoms. The third-order valence-electron chi connectivity index (χ3n) is 4.31. The molecule has 0 radical (unpaired) electrons. The van der Waals surface area contributed by atoms with Crippen molar-refractivity contribution in [2.24, 2.45) is 0 Å². The Bertz CT molecular complexity index is 745. The van der Waals surface area contributed by atoms with Gasteiger partial charge in [0, 0.05) is 24.8 Å². The average Bonchev–Trinajstić information content (AvgIpc) is 2.81. The molecule has 24 heavy (non-hydrogen) atoms. The first-order chi connectivity index (χ1) is 11.1. The minimum atomic E-state index is -3.19. The number of aryl methyl sites for hydroxylation is 1. The van der Waals surface area contributed by atoms with Crippen molar-refractivity contribution >= 4 is 21.9 Å². The highest BCUT2D eigenvalue weighted by Crippen LogP contribution is 2.20. The highest BCUT2D eigenvalue weighted by Gasteiger charge is 2.28. The van der Waals surface area contributed by atoms with Gasteiger partial charge in [0.15, 0.2) is 0 Å². The third kappa shape index (κ3) is 3.78. The second kappa shape index (κ2) is 6.94. The maximum atomic E-state index is 12.5. The summed E-state index contributed by atoms with van der Waals surface area (Å²) in [6, 6.07) is -0.0971. The summed E-state index contributed by atoms with van der Waals surface area (Å²) in [6.45, 7) is 4.18. The summed E-state index contributed by atoms with van der Waals surface area (Å²) in [4.78, 5) is 27.2. The van der Waals surface area contributed by atoms with Gasteiger partial charge >= 0.3 is 5.97 Å². The van der Waals surface area contributed by atoms with Crippen molar-refractivity contribution in [3.05, 3.63) is 22.5 Å². The average molecular weight is 357 g/mol. The first-order valence-electron chi connectivity index (χ1n) is 7.68. The lowest BCUT2D eigenvalue weighted by atomic mass is 10.1. The van der Waals surface area contributed by atoms with Crippen LogP contribution in [0.5, 0.6) is 0 Å². The molecule has 1 fully saturated rings. The number of carbonyl (C=O) groups excluding carboxylic acids is 2. The van der Waals surface area contributed by atoms with E-state index >= 15 is 0 Å². The zero-order chi connectivity index (χ0) is 18.1. The molecule has 2 N–H and O–H groups in total. The molecule has 1 saturated heterocycles. The van der Waals surface area contributed by atoms with E-state index in [2.05, 4.69) is 10.3 Å². The normalized spacial score (nSPS) is 16.8. The van der Waals surface area contributed by atoms with Gasteiger partial charge in [-0.05, 0) is 32.3 Å². The molecule has 0 bridgehead atoms. The fourth-order valence-corrected chi connectivity index (χ4v) is 3.85. The molecule has 8 nitrogen and oxygen atoms in total. The fraction of sp³-hybridized carbons (Fsp3) is 0.600. The van der Waals surface area contributed by atoms with Gasteiger partial charge in [0.25, 0.3) is 5.91 Å². The van der Waals surface area contributed by atoms with E-state index in [0.717, 1.165) is 0 Å². The number of amides is 1. The molecule has 2 heterocycles. The number of hydrogen-bond acceptors (Lipinski definition) is 5.